The number of hydrogen-bond donors (Lipinski definition) is 0. The van der Waals surface area contributed by atoms with E-state index in [0.29, 0.717) is 0 Å². The summed E-state index contributed by atoms with van der Waals surface area (Å²) >= 11 is 0. The number of likely N-dealkylation sites (tertiary alicyclic amines) is 2. The van der Waals surface area contributed by atoms with E-state index in [0.717, 1.165) is 132 Å². The summed E-state index contributed by atoms with van der Waals surface area (Å²) in [5.41, 5.74) is 15.6. The molecule has 2 aliphatic heterocycles. The number of aromatic nitrogens is 4. The molecule has 2 atom stereocenters. The molecule has 10 heteroatoms. The molecule has 0 unspecified atom stereocenters. The Bertz CT molecular complexity index is 2600. The molecule has 4 aliphatic rings. The standard InChI is InChI=1S/2C27H29N3O2/c2*1-18-12-20(9-10-25(18)29-16-19(2)28-17-29)13-22-7-5-11-30(27(22)31)23-14-21-6-4-8-26(32-3)24(21)15-23/h2*4,6,8-10,12-13,16-17,23H,5,7,11,14-15H2,1-3H3/b2*22-13+/t2*23-/m10/s1. The van der Waals surface area contributed by atoms with Crippen LogP contribution in [-0.2, 0) is 35.3 Å². The second-order valence-corrected chi connectivity index (χ2v) is 17.8. The van der Waals surface area contributed by atoms with Gasteiger partial charge in [0.25, 0.3) is 0 Å². The van der Waals surface area contributed by atoms with Gasteiger partial charge in [-0.2, -0.15) is 0 Å². The van der Waals surface area contributed by atoms with Gasteiger partial charge in [-0.15, -0.1) is 0 Å². The number of nitrogens with zero attached hydrogens (tertiary/aromatic N) is 6. The number of piperidine rings is 2. The number of rotatable bonds is 8. The van der Waals surface area contributed by atoms with E-state index in [2.05, 4.69) is 94.3 Å². The Labute approximate surface area is 376 Å². The lowest BCUT2D eigenvalue weighted by atomic mass is 9.97. The van der Waals surface area contributed by atoms with Gasteiger partial charge in [0.15, 0.2) is 0 Å². The van der Waals surface area contributed by atoms with E-state index in [9.17, 15) is 9.59 Å². The minimum absolute atomic E-state index is 0.181. The largest absolute Gasteiger partial charge is 0.496 e. The first kappa shape index (κ1) is 42.6. The van der Waals surface area contributed by atoms with E-state index in [1.165, 1.54) is 22.3 Å². The van der Waals surface area contributed by atoms with Crippen LogP contribution in [0.2, 0.25) is 0 Å². The summed E-state index contributed by atoms with van der Waals surface area (Å²) in [6.45, 7) is 9.84. The summed E-state index contributed by atoms with van der Waals surface area (Å²) in [6.07, 6.45) is 19.1. The molecule has 2 aromatic heterocycles. The highest BCUT2D eigenvalue weighted by Crippen LogP contribution is 2.37. The molecule has 4 aromatic carbocycles. The summed E-state index contributed by atoms with van der Waals surface area (Å²) in [7, 11) is 3.44. The maximum atomic E-state index is 13.4. The van der Waals surface area contributed by atoms with Gasteiger partial charge >= 0.3 is 0 Å². The van der Waals surface area contributed by atoms with Crippen LogP contribution in [0.25, 0.3) is 23.5 Å². The average Bonchev–Trinajstić information content (AvgIpc) is 4.12. The SMILES string of the molecule is COc1cccc2c1C[C@@H](N1CCC/C(=C\c3ccc(-n4cnc(C)c4)c(C)c3)C1=O)C2.COc1cccc2c1C[C@H](N1CCC/C(=C\c3ccc(-n4cnc(C)c4)c(C)c3)C1=O)C2. The van der Waals surface area contributed by atoms with Gasteiger partial charge in [-0.3, -0.25) is 9.59 Å². The lowest BCUT2D eigenvalue weighted by Crippen LogP contribution is -2.44. The molecular formula is C54H58N6O4. The fourth-order valence-electron chi connectivity index (χ4n) is 10.3. The van der Waals surface area contributed by atoms with Gasteiger partial charge in [-0.25, -0.2) is 9.97 Å². The van der Waals surface area contributed by atoms with Crippen molar-refractivity contribution in [3.05, 3.63) is 165 Å². The monoisotopic (exact) mass is 854 g/mol. The number of methoxy groups -OCH3 is 2. The zero-order valence-electron chi connectivity index (χ0n) is 37.9. The quantitative estimate of drug-likeness (QED) is 0.142. The molecule has 0 N–H and O–H groups in total. The van der Waals surface area contributed by atoms with E-state index in [1.807, 2.05) is 72.3 Å². The van der Waals surface area contributed by atoms with Crippen molar-refractivity contribution >= 4 is 24.0 Å². The van der Waals surface area contributed by atoms with E-state index in [4.69, 9.17) is 9.47 Å². The summed E-state index contributed by atoms with van der Waals surface area (Å²) < 4.78 is 15.2. The zero-order chi connectivity index (χ0) is 44.5. The van der Waals surface area contributed by atoms with Crippen LogP contribution in [0.4, 0.5) is 0 Å². The van der Waals surface area contributed by atoms with E-state index in [-0.39, 0.29) is 23.9 Å². The summed E-state index contributed by atoms with van der Waals surface area (Å²) in [4.78, 5) is 39.7. The van der Waals surface area contributed by atoms with Gasteiger partial charge in [-0.05, 0) is 172 Å². The van der Waals surface area contributed by atoms with Crippen molar-refractivity contribution in [1.29, 1.82) is 0 Å². The molecule has 4 heterocycles. The van der Waals surface area contributed by atoms with Crippen molar-refractivity contribution in [3.63, 3.8) is 0 Å². The number of carbonyl (C=O) groups is 2. The Morgan fingerprint density at radius 2 is 1.02 bits per heavy atom. The van der Waals surface area contributed by atoms with Gasteiger partial charge in [0, 0.05) is 60.1 Å². The van der Waals surface area contributed by atoms with Crippen molar-refractivity contribution in [1.82, 2.24) is 28.9 Å². The third-order valence-electron chi connectivity index (χ3n) is 13.4. The summed E-state index contributed by atoms with van der Waals surface area (Å²) in [5.74, 6) is 2.24. The topological polar surface area (TPSA) is 94.7 Å². The minimum atomic E-state index is 0.181. The van der Waals surface area contributed by atoms with Crippen molar-refractivity contribution in [2.45, 2.75) is 91.1 Å². The molecule has 0 bridgehead atoms. The second-order valence-electron chi connectivity index (χ2n) is 17.8. The number of amides is 2. The Kier molecular flexibility index (Phi) is 12.1. The van der Waals surface area contributed by atoms with Gasteiger partial charge in [0.1, 0.15) is 11.5 Å². The third-order valence-corrected chi connectivity index (χ3v) is 13.4. The number of fused-ring (bicyclic) bond motifs is 2. The second kappa shape index (κ2) is 18.2. The molecular weight excluding hydrogens is 797 g/mol. The number of imidazole rings is 2. The molecule has 2 saturated heterocycles. The zero-order valence-corrected chi connectivity index (χ0v) is 37.9. The van der Waals surface area contributed by atoms with Gasteiger partial charge in [-0.1, -0.05) is 36.4 Å². The van der Waals surface area contributed by atoms with E-state index < -0.39 is 0 Å². The average molecular weight is 855 g/mol. The van der Waals surface area contributed by atoms with Crippen LogP contribution >= 0.6 is 0 Å². The highest BCUT2D eigenvalue weighted by molar-refractivity contribution is 5.99. The molecule has 2 aliphatic carbocycles. The van der Waals surface area contributed by atoms with Crippen molar-refractivity contribution in [3.8, 4) is 22.9 Å². The Morgan fingerprint density at radius 1 is 0.578 bits per heavy atom. The lowest BCUT2D eigenvalue weighted by Gasteiger charge is -2.33. The molecule has 2 fully saturated rings. The fourth-order valence-corrected chi connectivity index (χ4v) is 10.3. The minimum Gasteiger partial charge on any atom is -0.496 e. The van der Waals surface area contributed by atoms with Gasteiger partial charge in [0.05, 0.1) is 38.3 Å². The number of benzene rings is 4. The van der Waals surface area contributed by atoms with Crippen LogP contribution in [0.5, 0.6) is 11.5 Å². The molecule has 0 radical (unpaired) electrons. The maximum absolute atomic E-state index is 13.4. The van der Waals surface area contributed by atoms with Crippen LogP contribution in [-0.4, -0.2) is 80.1 Å². The van der Waals surface area contributed by atoms with Crippen molar-refractivity contribution < 1.29 is 19.1 Å². The molecule has 6 aromatic rings. The molecule has 10 nitrogen and oxygen atoms in total. The molecule has 0 spiro atoms. The highest BCUT2D eigenvalue weighted by Gasteiger charge is 2.36. The van der Waals surface area contributed by atoms with E-state index in [1.54, 1.807) is 14.2 Å². The molecule has 2 amide bonds. The molecule has 64 heavy (non-hydrogen) atoms. The number of carbonyl (C=O) groups excluding carboxylic acids is 2. The number of aryl methyl sites for hydroxylation is 4. The molecule has 0 saturated carbocycles. The molecule has 10 rings (SSSR count). The Hall–Kier alpha value is -6.68. The third kappa shape index (κ3) is 8.66. The first-order valence-electron chi connectivity index (χ1n) is 22.6. The smallest absolute Gasteiger partial charge is 0.250 e. The summed E-state index contributed by atoms with van der Waals surface area (Å²) in [5, 5.41) is 0. The number of ether oxygens (including phenoxy) is 2. The first-order valence-corrected chi connectivity index (χ1v) is 22.6. The Balaban J connectivity index is 0.000000162. The highest BCUT2D eigenvalue weighted by atomic mass is 16.5. The van der Waals surface area contributed by atoms with Crippen LogP contribution in [0.15, 0.2) is 109 Å². The lowest BCUT2D eigenvalue weighted by molar-refractivity contribution is -0.131. The van der Waals surface area contributed by atoms with E-state index >= 15 is 0 Å². The van der Waals surface area contributed by atoms with Crippen molar-refractivity contribution in [2.24, 2.45) is 0 Å². The van der Waals surface area contributed by atoms with Crippen molar-refractivity contribution in [2.75, 3.05) is 27.3 Å². The van der Waals surface area contributed by atoms with Crippen LogP contribution in [0.3, 0.4) is 0 Å². The van der Waals surface area contributed by atoms with Gasteiger partial charge in [0.2, 0.25) is 11.8 Å². The summed E-state index contributed by atoms with van der Waals surface area (Å²) in [6, 6.07) is 25.6. The van der Waals surface area contributed by atoms with Crippen LogP contribution < -0.4 is 9.47 Å². The Morgan fingerprint density at radius 3 is 1.39 bits per heavy atom. The predicted molar refractivity (Wildman–Crippen MR) is 252 cm³/mol. The van der Waals surface area contributed by atoms with Gasteiger partial charge < -0.3 is 28.4 Å². The molecule has 328 valence electrons. The first-order chi connectivity index (χ1) is 31.1. The fraction of sp³-hybridized carbons (Fsp3) is 0.333. The van der Waals surface area contributed by atoms with Crippen LogP contribution in [0.1, 0.15) is 81.6 Å². The van der Waals surface area contributed by atoms with Crippen LogP contribution in [0, 0.1) is 27.7 Å². The maximum Gasteiger partial charge on any atom is 0.250 e. The normalized spacial score (nSPS) is 19.5. The predicted octanol–water partition coefficient (Wildman–Crippen LogP) is 9.34. The number of hydrogen-bond acceptors (Lipinski definition) is 6.